The maximum atomic E-state index is 13.2. The van der Waals surface area contributed by atoms with Gasteiger partial charge in [0.2, 0.25) is 15.9 Å². The second kappa shape index (κ2) is 8.43. The minimum absolute atomic E-state index is 0.0202. The Labute approximate surface area is 182 Å². The lowest BCUT2D eigenvalue weighted by molar-refractivity contribution is -0.129. The number of hydrogen-bond donors (Lipinski definition) is 1. The third kappa shape index (κ3) is 3.97. The van der Waals surface area contributed by atoms with Crippen LogP contribution in [-0.4, -0.2) is 67.3 Å². The standard InChI is InChI=1S/C21H27N5O4S/c1-14(27)25-10-9-16-17(13-25)23-20(24-21(16)22-2)15-8-11-26(12-15)31(28,29)19-7-5-4-6-18(19)30-3/h4-7,15H,8-13H2,1-3H3,(H,22,23,24). The highest BCUT2D eigenvalue weighted by molar-refractivity contribution is 7.89. The van der Waals surface area contributed by atoms with Crippen molar-refractivity contribution >= 4 is 21.7 Å². The molecule has 1 fully saturated rings. The first-order chi connectivity index (χ1) is 14.8. The molecule has 1 N–H and O–H groups in total. The highest BCUT2D eigenvalue weighted by Crippen LogP contribution is 2.34. The zero-order chi connectivity index (χ0) is 22.2. The van der Waals surface area contributed by atoms with E-state index in [2.05, 4.69) is 5.32 Å². The van der Waals surface area contributed by atoms with Crippen LogP contribution >= 0.6 is 0 Å². The Morgan fingerprint density at radius 1 is 1.23 bits per heavy atom. The fourth-order valence-corrected chi connectivity index (χ4v) is 5.89. The molecule has 4 rings (SSSR count). The Bertz CT molecular complexity index is 1100. The van der Waals surface area contributed by atoms with Crippen molar-refractivity contribution in [2.24, 2.45) is 0 Å². The summed E-state index contributed by atoms with van der Waals surface area (Å²) in [6.45, 7) is 3.35. The number of fused-ring (bicyclic) bond motifs is 1. The predicted octanol–water partition coefficient (Wildman–Crippen LogP) is 1.61. The number of carbonyl (C=O) groups is 1. The first-order valence-corrected chi connectivity index (χ1v) is 11.7. The molecule has 1 unspecified atom stereocenters. The highest BCUT2D eigenvalue weighted by atomic mass is 32.2. The van der Waals surface area contributed by atoms with Crippen LogP contribution < -0.4 is 10.1 Å². The van der Waals surface area contributed by atoms with E-state index in [0.717, 1.165) is 17.1 Å². The van der Waals surface area contributed by atoms with Crippen LogP contribution in [0.3, 0.4) is 0 Å². The molecule has 1 atom stereocenters. The van der Waals surface area contributed by atoms with Crippen LogP contribution in [0, 0.1) is 0 Å². The van der Waals surface area contributed by atoms with Crippen LogP contribution in [0.1, 0.15) is 36.3 Å². The van der Waals surface area contributed by atoms with Gasteiger partial charge in [0, 0.05) is 45.1 Å². The summed E-state index contributed by atoms with van der Waals surface area (Å²) in [6.07, 6.45) is 1.33. The largest absolute Gasteiger partial charge is 0.495 e. The van der Waals surface area contributed by atoms with Gasteiger partial charge in [-0.2, -0.15) is 4.31 Å². The zero-order valence-electron chi connectivity index (χ0n) is 18.0. The molecular weight excluding hydrogens is 418 g/mol. The molecule has 0 spiro atoms. The number of ether oxygens (including phenoxy) is 1. The summed E-state index contributed by atoms with van der Waals surface area (Å²) in [5.74, 6) is 1.61. The second-order valence-electron chi connectivity index (χ2n) is 7.80. The first-order valence-electron chi connectivity index (χ1n) is 10.3. The Morgan fingerprint density at radius 3 is 2.71 bits per heavy atom. The molecule has 1 aromatic carbocycles. The molecule has 9 nitrogen and oxygen atoms in total. The second-order valence-corrected chi connectivity index (χ2v) is 9.70. The third-order valence-corrected chi connectivity index (χ3v) is 7.87. The predicted molar refractivity (Wildman–Crippen MR) is 115 cm³/mol. The van der Waals surface area contributed by atoms with E-state index in [4.69, 9.17) is 14.7 Å². The smallest absolute Gasteiger partial charge is 0.246 e. The van der Waals surface area contributed by atoms with Crippen LogP contribution in [0.25, 0.3) is 0 Å². The van der Waals surface area contributed by atoms with Gasteiger partial charge >= 0.3 is 0 Å². The molecule has 0 saturated carbocycles. The zero-order valence-corrected chi connectivity index (χ0v) is 18.8. The van der Waals surface area contributed by atoms with Gasteiger partial charge in [-0.05, 0) is 25.0 Å². The monoisotopic (exact) mass is 445 g/mol. The topological polar surface area (TPSA) is 105 Å². The maximum absolute atomic E-state index is 13.2. The van der Waals surface area contributed by atoms with Gasteiger partial charge in [-0.1, -0.05) is 12.1 Å². The molecular formula is C21H27N5O4S. The summed E-state index contributed by atoms with van der Waals surface area (Å²) in [5, 5.41) is 3.14. The summed E-state index contributed by atoms with van der Waals surface area (Å²) >= 11 is 0. The van der Waals surface area contributed by atoms with Gasteiger partial charge in [0.25, 0.3) is 0 Å². The number of methoxy groups -OCH3 is 1. The molecule has 1 amide bonds. The van der Waals surface area contributed by atoms with Crippen molar-refractivity contribution in [3.05, 3.63) is 41.3 Å². The number of hydrogen-bond acceptors (Lipinski definition) is 7. The van der Waals surface area contributed by atoms with E-state index in [1.165, 1.54) is 11.4 Å². The summed E-state index contributed by atoms with van der Waals surface area (Å²) < 4.78 is 33.2. The minimum atomic E-state index is -3.69. The Hall–Kier alpha value is -2.72. The molecule has 10 heteroatoms. The Balaban J connectivity index is 1.61. The number of rotatable bonds is 5. The van der Waals surface area contributed by atoms with Crippen molar-refractivity contribution in [2.75, 3.05) is 39.1 Å². The number of para-hydroxylation sites is 1. The minimum Gasteiger partial charge on any atom is -0.495 e. The van der Waals surface area contributed by atoms with E-state index in [9.17, 15) is 13.2 Å². The maximum Gasteiger partial charge on any atom is 0.246 e. The number of sulfonamides is 1. The quantitative estimate of drug-likeness (QED) is 0.745. The molecule has 31 heavy (non-hydrogen) atoms. The fourth-order valence-electron chi connectivity index (χ4n) is 4.24. The van der Waals surface area contributed by atoms with E-state index in [1.807, 2.05) is 7.05 Å². The van der Waals surface area contributed by atoms with Crippen LogP contribution in [0.4, 0.5) is 5.82 Å². The lowest BCUT2D eigenvalue weighted by Crippen LogP contribution is -2.35. The summed E-state index contributed by atoms with van der Waals surface area (Å²) in [4.78, 5) is 23.2. The molecule has 2 aromatic rings. The van der Waals surface area contributed by atoms with E-state index in [0.29, 0.717) is 50.6 Å². The van der Waals surface area contributed by atoms with Gasteiger partial charge < -0.3 is 15.0 Å². The van der Waals surface area contributed by atoms with Crippen molar-refractivity contribution in [3.8, 4) is 5.75 Å². The first kappa shape index (κ1) is 21.5. The van der Waals surface area contributed by atoms with Crippen molar-refractivity contribution in [3.63, 3.8) is 0 Å². The summed E-state index contributed by atoms with van der Waals surface area (Å²) in [5.41, 5.74) is 1.86. The van der Waals surface area contributed by atoms with E-state index in [1.54, 1.807) is 36.1 Å². The van der Waals surface area contributed by atoms with E-state index < -0.39 is 10.0 Å². The average Bonchev–Trinajstić information content (AvgIpc) is 3.29. The van der Waals surface area contributed by atoms with Crippen molar-refractivity contribution in [1.82, 2.24) is 19.2 Å². The van der Waals surface area contributed by atoms with Crippen molar-refractivity contribution < 1.29 is 17.9 Å². The van der Waals surface area contributed by atoms with Gasteiger partial charge in [0.1, 0.15) is 22.3 Å². The van der Waals surface area contributed by atoms with Crippen LogP contribution in [0.15, 0.2) is 29.2 Å². The van der Waals surface area contributed by atoms with Crippen LogP contribution in [0.2, 0.25) is 0 Å². The van der Waals surface area contributed by atoms with E-state index >= 15 is 0 Å². The van der Waals surface area contributed by atoms with Gasteiger partial charge in [-0.3, -0.25) is 4.79 Å². The van der Waals surface area contributed by atoms with Gasteiger partial charge in [0.05, 0.1) is 19.3 Å². The van der Waals surface area contributed by atoms with Gasteiger partial charge in [-0.15, -0.1) is 0 Å². The molecule has 0 radical (unpaired) electrons. The Kier molecular flexibility index (Phi) is 5.85. The molecule has 0 aliphatic carbocycles. The van der Waals surface area contributed by atoms with Crippen LogP contribution in [0.5, 0.6) is 5.75 Å². The Morgan fingerprint density at radius 2 is 2.00 bits per heavy atom. The number of amides is 1. The molecule has 3 heterocycles. The van der Waals surface area contributed by atoms with Gasteiger partial charge in [-0.25, -0.2) is 18.4 Å². The summed E-state index contributed by atoms with van der Waals surface area (Å²) in [6, 6.07) is 6.64. The number of benzene rings is 1. The molecule has 166 valence electrons. The summed E-state index contributed by atoms with van der Waals surface area (Å²) in [7, 11) is -0.411. The third-order valence-electron chi connectivity index (χ3n) is 5.97. The number of aromatic nitrogens is 2. The van der Waals surface area contributed by atoms with Crippen molar-refractivity contribution in [1.29, 1.82) is 0 Å². The molecule has 0 bridgehead atoms. The van der Waals surface area contributed by atoms with E-state index in [-0.39, 0.29) is 16.7 Å². The average molecular weight is 446 g/mol. The van der Waals surface area contributed by atoms with Crippen LogP contribution in [-0.2, 0) is 27.8 Å². The molecule has 2 aliphatic rings. The lowest BCUT2D eigenvalue weighted by Gasteiger charge is -2.29. The number of nitrogens with one attached hydrogen (secondary N) is 1. The molecule has 2 aliphatic heterocycles. The highest BCUT2D eigenvalue weighted by Gasteiger charge is 2.36. The number of carbonyl (C=O) groups excluding carboxylic acids is 1. The SMILES string of the molecule is CNc1nc(C2CCN(S(=O)(=O)c3ccccc3OC)C2)nc2c1CCN(C(C)=O)C2. The lowest BCUT2D eigenvalue weighted by atomic mass is 10.0. The number of anilines is 1. The van der Waals surface area contributed by atoms with Crippen molar-refractivity contribution in [2.45, 2.75) is 37.1 Å². The number of nitrogens with zero attached hydrogens (tertiary/aromatic N) is 4. The van der Waals surface area contributed by atoms with Gasteiger partial charge in [0.15, 0.2) is 0 Å². The fraction of sp³-hybridized carbons (Fsp3) is 0.476. The molecule has 1 saturated heterocycles. The molecule has 1 aromatic heterocycles. The normalized spacial score (nSPS) is 19.2.